The number of amides is 1. The van der Waals surface area contributed by atoms with Gasteiger partial charge >= 0.3 is 0 Å². The average Bonchev–Trinajstić information content (AvgIpc) is 3.27. The molecule has 0 aliphatic carbocycles. The quantitative estimate of drug-likeness (QED) is 0.776. The molecule has 0 bridgehead atoms. The number of ether oxygens (including phenoxy) is 1. The average molecular weight is 432 g/mol. The van der Waals surface area contributed by atoms with Crippen molar-refractivity contribution >= 4 is 42.1 Å². The fourth-order valence-electron chi connectivity index (χ4n) is 3.15. The summed E-state index contributed by atoms with van der Waals surface area (Å²) >= 11 is 1.65. The highest BCUT2D eigenvalue weighted by Gasteiger charge is 2.34. The normalized spacial score (nSPS) is 19.7. The predicted octanol–water partition coefficient (Wildman–Crippen LogP) is 3.99. The molecule has 0 radical (unpaired) electrons. The molecule has 1 unspecified atom stereocenters. The summed E-state index contributed by atoms with van der Waals surface area (Å²) in [4.78, 5) is 20.3. The number of carbonyl (C=O) groups is 1. The van der Waals surface area contributed by atoms with Crippen LogP contribution in [0.15, 0.2) is 30.3 Å². The Morgan fingerprint density at radius 1 is 1.33 bits per heavy atom. The van der Waals surface area contributed by atoms with Crippen molar-refractivity contribution in [2.75, 3.05) is 13.6 Å². The molecule has 8 heteroatoms. The molecule has 1 fully saturated rings. The zero-order valence-corrected chi connectivity index (χ0v) is 18.2. The third-order valence-corrected chi connectivity index (χ3v) is 6.18. The summed E-state index contributed by atoms with van der Waals surface area (Å²) in [5, 5.41) is 0.987. The molecule has 1 aliphatic heterocycles. The summed E-state index contributed by atoms with van der Waals surface area (Å²) in [6.07, 6.45) is 1.23. The fourth-order valence-corrected chi connectivity index (χ4v) is 4.32. The van der Waals surface area contributed by atoms with Gasteiger partial charge in [-0.1, -0.05) is 30.3 Å². The molecule has 1 amide bonds. The molecule has 3 rings (SSSR count). The largest absolute Gasteiger partial charge is 0.364 e. The van der Waals surface area contributed by atoms with E-state index in [1.54, 1.807) is 16.2 Å². The van der Waals surface area contributed by atoms with Crippen LogP contribution in [0.3, 0.4) is 0 Å². The molecule has 3 atom stereocenters. The van der Waals surface area contributed by atoms with E-state index >= 15 is 0 Å². The highest BCUT2D eigenvalue weighted by molar-refractivity contribution is 7.15. The minimum atomic E-state index is -0.372. The Hall–Kier alpha value is -1.18. The van der Waals surface area contributed by atoms with Crippen LogP contribution in [0.4, 0.5) is 0 Å². The lowest BCUT2D eigenvalue weighted by Crippen LogP contribution is -2.38. The number of likely N-dealkylation sites (N-methyl/N-ethyl adjacent to an activating group) is 1. The van der Waals surface area contributed by atoms with E-state index < -0.39 is 0 Å². The van der Waals surface area contributed by atoms with Crippen LogP contribution in [-0.2, 0) is 9.53 Å². The van der Waals surface area contributed by atoms with Crippen molar-refractivity contribution in [1.82, 2.24) is 9.88 Å². The van der Waals surface area contributed by atoms with Crippen molar-refractivity contribution in [1.29, 1.82) is 0 Å². The number of rotatable bonds is 5. The number of hydrogen-bond donors (Lipinski definition) is 1. The molecular weight excluding hydrogens is 405 g/mol. The number of aromatic nitrogens is 1. The van der Waals surface area contributed by atoms with Crippen LogP contribution in [-0.4, -0.2) is 41.6 Å². The Morgan fingerprint density at radius 2 is 2.00 bits per heavy atom. The van der Waals surface area contributed by atoms with Crippen LogP contribution in [0.25, 0.3) is 10.6 Å². The molecule has 2 aromatic rings. The second-order valence-electron chi connectivity index (χ2n) is 6.52. The lowest BCUT2D eigenvalue weighted by Gasteiger charge is -2.27. The SMILES string of the molecule is Cc1nc(-c2ccccc2)sc1C(C)N(C)C(=O)[C@@H]1CC[C@H](CN)O1.Cl.Cl. The standard InChI is InChI=1S/C19H25N3O2S.2ClH/c1-12-17(25-18(21-12)14-7-5-4-6-8-14)13(2)22(3)19(23)16-10-9-15(11-20)24-16;;/h4-8,13,15-16H,9-11,20H2,1-3H3;2*1H/t13?,15-,16+;;/m1../s1. The number of benzene rings is 1. The first-order chi connectivity index (χ1) is 12.0. The first-order valence-electron chi connectivity index (χ1n) is 8.66. The fraction of sp³-hybridized carbons (Fsp3) is 0.474. The third-order valence-electron chi connectivity index (χ3n) is 4.81. The van der Waals surface area contributed by atoms with E-state index in [4.69, 9.17) is 15.5 Å². The maximum atomic E-state index is 12.8. The Bertz CT molecular complexity index is 742. The van der Waals surface area contributed by atoms with Crippen molar-refractivity contribution < 1.29 is 9.53 Å². The summed E-state index contributed by atoms with van der Waals surface area (Å²) in [5.74, 6) is 0.0255. The molecule has 27 heavy (non-hydrogen) atoms. The van der Waals surface area contributed by atoms with E-state index in [0.717, 1.165) is 34.0 Å². The molecule has 5 nitrogen and oxygen atoms in total. The van der Waals surface area contributed by atoms with Crippen LogP contribution in [0, 0.1) is 6.92 Å². The van der Waals surface area contributed by atoms with Gasteiger partial charge in [-0.25, -0.2) is 4.98 Å². The summed E-state index contributed by atoms with van der Waals surface area (Å²) in [5.41, 5.74) is 7.72. The number of aryl methyl sites for hydroxylation is 1. The van der Waals surface area contributed by atoms with Crippen molar-refractivity contribution in [2.45, 2.75) is 44.9 Å². The van der Waals surface area contributed by atoms with E-state index in [0.29, 0.717) is 6.54 Å². The molecule has 2 N–H and O–H groups in total. The Balaban J connectivity index is 0.00000182. The Kier molecular flexibility index (Phi) is 9.18. The Morgan fingerprint density at radius 3 is 2.59 bits per heavy atom. The van der Waals surface area contributed by atoms with E-state index in [1.165, 1.54) is 0 Å². The molecule has 2 heterocycles. The maximum Gasteiger partial charge on any atom is 0.251 e. The minimum Gasteiger partial charge on any atom is -0.364 e. The van der Waals surface area contributed by atoms with Crippen LogP contribution >= 0.6 is 36.2 Å². The van der Waals surface area contributed by atoms with E-state index in [2.05, 4.69) is 12.1 Å². The van der Waals surface area contributed by atoms with Crippen molar-refractivity contribution in [3.05, 3.63) is 40.9 Å². The number of halogens is 2. The first-order valence-corrected chi connectivity index (χ1v) is 9.47. The topological polar surface area (TPSA) is 68.5 Å². The van der Waals surface area contributed by atoms with Crippen LogP contribution in [0.1, 0.15) is 36.4 Å². The molecule has 150 valence electrons. The summed E-state index contributed by atoms with van der Waals surface area (Å²) in [6, 6.07) is 10.1. The number of carbonyl (C=O) groups excluding carboxylic acids is 1. The monoisotopic (exact) mass is 431 g/mol. The van der Waals surface area contributed by atoms with Gasteiger partial charge in [0, 0.05) is 19.2 Å². The van der Waals surface area contributed by atoms with Gasteiger partial charge in [-0.15, -0.1) is 36.2 Å². The van der Waals surface area contributed by atoms with E-state index in [-0.39, 0.29) is 49.0 Å². The molecule has 1 aromatic heterocycles. The maximum absolute atomic E-state index is 12.8. The summed E-state index contributed by atoms with van der Waals surface area (Å²) < 4.78 is 5.76. The Labute approximate surface area is 177 Å². The van der Waals surface area contributed by atoms with Gasteiger partial charge in [0.2, 0.25) is 0 Å². The second kappa shape index (κ2) is 10.4. The zero-order valence-electron chi connectivity index (χ0n) is 15.8. The van der Waals surface area contributed by atoms with Gasteiger partial charge in [-0.05, 0) is 26.7 Å². The molecule has 1 saturated heterocycles. The van der Waals surface area contributed by atoms with Gasteiger partial charge in [0.25, 0.3) is 5.91 Å². The van der Waals surface area contributed by atoms with E-state index in [1.807, 2.05) is 39.1 Å². The number of hydrogen-bond acceptors (Lipinski definition) is 5. The highest BCUT2D eigenvalue weighted by Crippen LogP contribution is 2.34. The van der Waals surface area contributed by atoms with Crippen LogP contribution in [0.5, 0.6) is 0 Å². The third kappa shape index (κ3) is 5.21. The van der Waals surface area contributed by atoms with Crippen LogP contribution < -0.4 is 5.73 Å². The zero-order chi connectivity index (χ0) is 18.0. The number of nitrogens with zero attached hydrogens (tertiary/aromatic N) is 2. The molecule has 0 spiro atoms. The van der Waals surface area contributed by atoms with Gasteiger partial charge in [0.1, 0.15) is 11.1 Å². The van der Waals surface area contributed by atoms with Gasteiger partial charge in [0.15, 0.2) is 0 Å². The van der Waals surface area contributed by atoms with Gasteiger partial charge < -0.3 is 15.4 Å². The van der Waals surface area contributed by atoms with Gasteiger partial charge in [-0.2, -0.15) is 0 Å². The van der Waals surface area contributed by atoms with Gasteiger partial charge in [0.05, 0.1) is 22.7 Å². The summed E-state index contributed by atoms with van der Waals surface area (Å²) in [6.45, 7) is 4.52. The summed E-state index contributed by atoms with van der Waals surface area (Å²) in [7, 11) is 1.84. The van der Waals surface area contributed by atoms with Gasteiger partial charge in [-0.3, -0.25) is 4.79 Å². The highest BCUT2D eigenvalue weighted by atomic mass is 35.5. The number of nitrogens with two attached hydrogens (primary N) is 1. The second-order valence-corrected chi connectivity index (χ2v) is 7.55. The predicted molar refractivity (Wildman–Crippen MR) is 115 cm³/mol. The molecule has 0 saturated carbocycles. The lowest BCUT2D eigenvalue weighted by molar-refractivity contribution is -0.143. The lowest BCUT2D eigenvalue weighted by atomic mass is 10.1. The number of thiazole rings is 1. The van der Waals surface area contributed by atoms with Crippen LogP contribution in [0.2, 0.25) is 0 Å². The molecule has 1 aromatic carbocycles. The smallest absolute Gasteiger partial charge is 0.251 e. The van der Waals surface area contributed by atoms with Crippen molar-refractivity contribution in [2.24, 2.45) is 5.73 Å². The van der Waals surface area contributed by atoms with Crippen molar-refractivity contribution in [3.63, 3.8) is 0 Å². The van der Waals surface area contributed by atoms with E-state index in [9.17, 15) is 4.79 Å². The van der Waals surface area contributed by atoms with Crippen molar-refractivity contribution in [3.8, 4) is 10.6 Å². The first kappa shape index (κ1) is 23.9. The molecule has 1 aliphatic rings. The molecular formula is C19H27Cl2N3O2S. The minimum absolute atomic E-state index is 0.